The number of benzene rings is 3. The van der Waals surface area contributed by atoms with E-state index in [2.05, 4.69) is 4.90 Å². The highest BCUT2D eigenvalue weighted by Crippen LogP contribution is 2.42. The molecule has 0 aromatic heterocycles. The Labute approximate surface area is 196 Å². The topological polar surface area (TPSA) is 53.0 Å². The average molecular weight is 462 g/mol. The molecule has 5 nitrogen and oxygen atoms in total. The first-order valence-corrected chi connectivity index (χ1v) is 11.2. The molecule has 1 saturated heterocycles. The van der Waals surface area contributed by atoms with Gasteiger partial charge < -0.3 is 14.7 Å². The van der Waals surface area contributed by atoms with Crippen molar-refractivity contribution in [2.45, 2.75) is 13.5 Å². The second-order valence-corrected chi connectivity index (χ2v) is 8.60. The van der Waals surface area contributed by atoms with E-state index in [1.165, 1.54) is 24.3 Å². The van der Waals surface area contributed by atoms with E-state index in [9.17, 15) is 18.7 Å². The Bertz CT molecular complexity index is 1300. The number of ketones is 1. The number of aryl methyl sites for hydroxylation is 1. The Morgan fingerprint density at radius 2 is 1.79 bits per heavy atom. The zero-order valence-electron chi connectivity index (χ0n) is 18.7. The summed E-state index contributed by atoms with van der Waals surface area (Å²) in [4.78, 5) is 17.2. The van der Waals surface area contributed by atoms with Gasteiger partial charge in [0.15, 0.2) is 5.76 Å². The number of anilines is 1. The van der Waals surface area contributed by atoms with E-state index in [0.717, 1.165) is 0 Å². The van der Waals surface area contributed by atoms with E-state index in [0.29, 0.717) is 66.4 Å². The predicted octanol–water partition coefficient (Wildman–Crippen LogP) is 4.92. The van der Waals surface area contributed by atoms with Gasteiger partial charge in [-0.25, -0.2) is 8.78 Å². The minimum atomic E-state index is -0.402. The van der Waals surface area contributed by atoms with Crippen LogP contribution < -0.4 is 9.64 Å². The van der Waals surface area contributed by atoms with Gasteiger partial charge in [-0.05, 0) is 54.5 Å². The van der Waals surface area contributed by atoms with Gasteiger partial charge in [-0.2, -0.15) is 0 Å². The number of para-hydroxylation sites is 1. The van der Waals surface area contributed by atoms with Gasteiger partial charge in [0.05, 0.1) is 16.8 Å². The highest BCUT2D eigenvalue weighted by Gasteiger charge is 2.34. The number of aromatic hydroxyl groups is 1. The van der Waals surface area contributed by atoms with Crippen LogP contribution in [0.2, 0.25) is 0 Å². The molecule has 1 fully saturated rings. The summed E-state index contributed by atoms with van der Waals surface area (Å²) in [5, 5.41) is 10.7. The van der Waals surface area contributed by atoms with Crippen molar-refractivity contribution < 1.29 is 23.4 Å². The molecule has 7 heteroatoms. The molecule has 2 aliphatic rings. The predicted molar refractivity (Wildman–Crippen MR) is 126 cm³/mol. The lowest BCUT2D eigenvalue weighted by molar-refractivity contribution is 0.101. The largest absolute Gasteiger partial charge is 0.507 e. The Hall–Kier alpha value is -3.71. The summed E-state index contributed by atoms with van der Waals surface area (Å²) in [6.07, 6.45) is 1.51. The molecule has 0 unspecified atom stereocenters. The molecule has 2 aliphatic heterocycles. The molecule has 0 saturated carbocycles. The number of carbonyl (C=O) groups is 1. The molecule has 0 spiro atoms. The van der Waals surface area contributed by atoms with E-state index in [1.54, 1.807) is 37.3 Å². The molecule has 0 bridgehead atoms. The van der Waals surface area contributed by atoms with Crippen LogP contribution in [0.25, 0.3) is 6.08 Å². The normalized spacial score (nSPS) is 17.2. The van der Waals surface area contributed by atoms with Crippen LogP contribution >= 0.6 is 0 Å². The lowest BCUT2D eigenvalue weighted by Crippen LogP contribution is -2.46. The molecule has 3 aromatic carbocycles. The third-order valence-corrected chi connectivity index (χ3v) is 6.31. The van der Waals surface area contributed by atoms with Crippen LogP contribution in [-0.2, 0) is 6.54 Å². The summed E-state index contributed by atoms with van der Waals surface area (Å²) in [5.41, 5.74) is 2.68. The highest BCUT2D eigenvalue weighted by atomic mass is 19.1. The van der Waals surface area contributed by atoms with Gasteiger partial charge in [0.2, 0.25) is 5.78 Å². The van der Waals surface area contributed by atoms with Crippen molar-refractivity contribution in [2.24, 2.45) is 0 Å². The van der Waals surface area contributed by atoms with Crippen molar-refractivity contribution in [3.8, 4) is 11.5 Å². The van der Waals surface area contributed by atoms with Crippen LogP contribution in [0.5, 0.6) is 11.5 Å². The molecular weight excluding hydrogens is 438 g/mol. The van der Waals surface area contributed by atoms with Gasteiger partial charge in [-0.1, -0.05) is 24.3 Å². The van der Waals surface area contributed by atoms with Gasteiger partial charge in [0.1, 0.15) is 23.1 Å². The molecule has 174 valence electrons. The maximum Gasteiger partial charge on any atom is 0.232 e. The van der Waals surface area contributed by atoms with Crippen molar-refractivity contribution in [1.29, 1.82) is 0 Å². The first-order valence-electron chi connectivity index (χ1n) is 11.2. The molecule has 34 heavy (non-hydrogen) atoms. The van der Waals surface area contributed by atoms with E-state index in [1.807, 2.05) is 11.0 Å². The molecule has 0 radical (unpaired) electrons. The van der Waals surface area contributed by atoms with Gasteiger partial charge in [-0.15, -0.1) is 0 Å². The number of nitrogens with zero attached hydrogens (tertiary/aromatic N) is 2. The number of rotatable bonds is 4. The highest BCUT2D eigenvalue weighted by molar-refractivity contribution is 6.15. The summed E-state index contributed by atoms with van der Waals surface area (Å²) in [6.45, 7) is 4.75. The fourth-order valence-electron chi connectivity index (χ4n) is 4.56. The zero-order valence-corrected chi connectivity index (χ0v) is 18.7. The maximum atomic E-state index is 14.1. The molecule has 0 aliphatic carbocycles. The number of carbonyl (C=O) groups excluding carboxylic acids is 1. The van der Waals surface area contributed by atoms with E-state index in [-0.39, 0.29) is 23.1 Å². The van der Waals surface area contributed by atoms with E-state index < -0.39 is 5.82 Å². The lowest BCUT2D eigenvalue weighted by Gasteiger charge is -2.36. The number of allylic oxidation sites excluding steroid dienone is 1. The number of Topliss-reactive ketones (excluding diaryl/α,β-unsaturated/α-hetero) is 1. The summed E-state index contributed by atoms with van der Waals surface area (Å²) in [5.74, 6) is -0.424. The molecule has 1 N–H and O–H groups in total. The molecule has 0 atom stereocenters. The Morgan fingerprint density at radius 3 is 2.53 bits per heavy atom. The van der Waals surface area contributed by atoms with Crippen LogP contribution in [0, 0.1) is 18.6 Å². The van der Waals surface area contributed by atoms with Crippen LogP contribution in [0.1, 0.15) is 27.0 Å². The second kappa shape index (κ2) is 8.91. The number of piperazine rings is 1. The minimum absolute atomic E-state index is 0.0626. The molecular formula is C27H24F2N2O3. The average Bonchev–Trinajstić information content (AvgIpc) is 3.14. The zero-order chi connectivity index (χ0) is 23.8. The van der Waals surface area contributed by atoms with E-state index >= 15 is 0 Å². The number of halogens is 2. The number of hydrogen-bond donors (Lipinski definition) is 1. The van der Waals surface area contributed by atoms with Crippen LogP contribution in [-0.4, -0.2) is 42.0 Å². The van der Waals surface area contributed by atoms with Crippen LogP contribution in [0.15, 0.2) is 60.4 Å². The summed E-state index contributed by atoms with van der Waals surface area (Å²) in [7, 11) is 0. The van der Waals surface area contributed by atoms with Crippen LogP contribution in [0.3, 0.4) is 0 Å². The fourth-order valence-corrected chi connectivity index (χ4v) is 4.56. The summed E-state index contributed by atoms with van der Waals surface area (Å²) < 4.78 is 33.7. The van der Waals surface area contributed by atoms with Gasteiger partial charge in [-0.3, -0.25) is 9.69 Å². The number of ether oxygens (including phenoxy) is 1. The number of phenolic OH excluding ortho intramolecular Hbond substituents is 1. The number of fused-ring (bicyclic) bond motifs is 1. The number of phenols is 1. The monoisotopic (exact) mass is 462 g/mol. The minimum Gasteiger partial charge on any atom is -0.507 e. The maximum absolute atomic E-state index is 14.1. The third-order valence-electron chi connectivity index (χ3n) is 6.31. The molecule has 5 rings (SSSR count). The van der Waals surface area contributed by atoms with Crippen molar-refractivity contribution in [3.05, 3.63) is 94.2 Å². The van der Waals surface area contributed by atoms with E-state index in [4.69, 9.17) is 4.74 Å². The Kier molecular flexibility index (Phi) is 5.79. The van der Waals surface area contributed by atoms with Gasteiger partial charge in [0, 0.05) is 32.7 Å². The van der Waals surface area contributed by atoms with Crippen molar-refractivity contribution in [2.75, 3.05) is 31.1 Å². The number of hydrogen-bond acceptors (Lipinski definition) is 5. The third kappa shape index (κ3) is 4.15. The standard InChI is InChI=1S/C27H24F2N2O3/c1-17-13-23(32)20(16-30-9-11-31(12-10-30)22-8-3-2-7-21(22)29)27-25(17)26(33)24(34-27)15-18-5-4-6-19(28)14-18/h2-8,13-15,32H,9-12,16H2,1H3/b24-15-. The second-order valence-electron chi connectivity index (χ2n) is 8.60. The first kappa shape index (κ1) is 22.1. The Balaban J connectivity index is 1.37. The summed E-state index contributed by atoms with van der Waals surface area (Å²) in [6, 6.07) is 14.2. The van der Waals surface area contributed by atoms with Crippen LogP contribution in [0.4, 0.5) is 14.5 Å². The molecule has 0 amide bonds. The lowest BCUT2D eigenvalue weighted by atomic mass is 9.99. The summed E-state index contributed by atoms with van der Waals surface area (Å²) >= 11 is 0. The van der Waals surface area contributed by atoms with Gasteiger partial charge in [0.25, 0.3) is 0 Å². The molecule has 2 heterocycles. The smallest absolute Gasteiger partial charge is 0.232 e. The quantitative estimate of drug-likeness (QED) is 0.558. The van der Waals surface area contributed by atoms with Gasteiger partial charge >= 0.3 is 0 Å². The Morgan fingerprint density at radius 1 is 1.03 bits per heavy atom. The van der Waals surface area contributed by atoms with Crippen molar-refractivity contribution in [3.63, 3.8) is 0 Å². The fraction of sp³-hybridized carbons (Fsp3) is 0.222. The van der Waals surface area contributed by atoms with Crippen molar-refractivity contribution >= 4 is 17.5 Å². The van der Waals surface area contributed by atoms with Crippen molar-refractivity contribution in [1.82, 2.24) is 4.90 Å². The molecule has 3 aromatic rings. The first-order chi connectivity index (χ1) is 16.4. The SMILES string of the molecule is Cc1cc(O)c(CN2CCN(c3ccccc3F)CC2)c2c1C(=O)/C(=C/c1cccc(F)c1)O2.